The Bertz CT molecular complexity index is 1380. The van der Waals surface area contributed by atoms with Crippen LogP contribution in [0.4, 0.5) is 26.2 Å². The normalized spacial score (nSPS) is 11.2. The fourth-order valence-corrected chi connectivity index (χ4v) is 4.01. The van der Waals surface area contributed by atoms with Crippen LogP contribution in [0.15, 0.2) is 72.1 Å². The third-order valence-electron chi connectivity index (χ3n) is 4.41. The summed E-state index contributed by atoms with van der Waals surface area (Å²) in [5.41, 5.74) is 1.82. The Morgan fingerprint density at radius 2 is 1.66 bits per heavy atom. The van der Waals surface area contributed by atoms with Gasteiger partial charge in [-0.15, -0.1) is 0 Å². The van der Waals surface area contributed by atoms with Gasteiger partial charge in [0.05, 0.1) is 11.4 Å². The van der Waals surface area contributed by atoms with Gasteiger partial charge in [0.1, 0.15) is 22.3 Å². The molecule has 0 fully saturated rings. The molecular weight excluding hydrogens is 438 g/mol. The van der Waals surface area contributed by atoms with E-state index in [2.05, 4.69) is 30.0 Å². The second kappa shape index (κ2) is 8.63. The van der Waals surface area contributed by atoms with E-state index in [4.69, 9.17) is 0 Å². The molecule has 0 saturated heterocycles. The molecule has 162 valence electrons. The van der Waals surface area contributed by atoms with E-state index in [-0.39, 0.29) is 5.69 Å². The standard InChI is InChI=1S/C21H16F2N6O2S/c1-13-18(29-32(30,31)19-4-3-16(22)11-17(19)23)9-15(12-27-13)14-5-8-24-20(10-14)28-21-25-6-2-7-26-21/h2-12,29H,1H3,(H,24,25,26,28). The zero-order chi connectivity index (χ0) is 22.7. The van der Waals surface area contributed by atoms with Crippen LogP contribution in [-0.4, -0.2) is 28.4 Å². The minimum absolute atomic E-state index is 0.156. The number of rotatable bonds is 6. The van der Waals surface area contributed by atoms with Gasteiger partial charge in [-0.05, 0) is 48.9 Å². The lowest BCUT2D eigenvalue weighted by molar-refractivity contribution is 0.551. The van der Waals surface area contributed by atoms with Crippen LogP contribution >= 0.6 is 0 Å². The Labute approximate surface area is 182 Å². The number of sulfonamides is 1. The smallest absolute Gasteiger partial charge is 0.264 e. The summed E-state index contributed by atoms with van der Waals surface area (Å²) in [6.07, 6.45) is 6.32. The molecule has 0 aliphatic carbocycles. The van der Waals surface area contributed by atoms with Crippen LogP contribution < -0.4 is 10.0 Å². The Kier molecular flexibility index (Phi) is 5.73. The van der Waals surface area contributed by atoms with Gasteiger partial charge >= 0.3 is 0 Å². The number of nitrogens with zero attached hydrogens (tertiary/aromatic N) is 4. The number of nitrogens with one attached hydrogen (secondary N) is 2. The Hall–Kier alpha value is -3.99. The van der Waals surface area contributed by atoms with Crippen molar-refractivity contribution in [3.05, 3.63) is 84.6 Å². The van der Waals surface area contributed by atoms with Crippen LogP contribution in [0.2, 0.25) is 0 Å². The molecule has 2 N–H and O–H groups in total. The van der Waals surface area contributed by atoms with Crippen molar-refractivity contribution in [3.8, 4) is 11.1 Å². The molecule has 4 aromatic rings. The molecule has 3 aromatic heterocycles. The number of halogens is 2. The van der Waals surface area contributed by atoms with Crippen molar-refractivity contribution in [2.24, 2.45) is 0 Å². The third-order valence-corrected chi connectivity index (χ3v) is 5.81. The van der Waals surface area contributed by atoms with E-state index in [0.29, 0.717) is 34.7 Å². The SMILES string of the molecule is Cc1ncc(-c2ccnc(Nc3ncccn3)c2)cc1NS(=O)(=O)c1ccc(F)cc1F. The quantitative estimate of drug-likeness (QED) is 0.452. The van der Waals surface area contributed by atoms with Crippen LogP contribution in [-0.2, 0) is 10.0 Å². The predicted molar refractivity (Wildman–Crippen MR) is 115 cm³/mol. The van der Waals surface area contributed by atoms with Gasteiger partial charge in [0.15, 0.2) is 0 Å². The number of anilines is 3. The number of pyridine rings is 2. The number of hydrogen-bond donors (Lipinski definition) is 2. The molecule has 3 heterocycles. The number of aryl methyl sites for hydroxylation is 1. The molecule has 11 heteroatoms. The van der Waals surface area contributed by atoms with Crippen molar-refractivity contribution in [2.75, 3.05) is 10.0 Å². The summed E-state index contributed by atoms with van der Waals surface area (Å²) in [5.74, 6) is -1.21. The molecule has 0 aliphatic heterocycles. The third kappa shape index (κ3) is 4.67. The lowest BCUT2D eigenvalue weighted by Gasteiger charge is -2.13. The van der Waals surface area contributed by atoms with Crippen molar-refractivity contribution in [1.29, 1.82) is 0 Å². The molecule has 0 radical (unpaired) electrons. The van der Waals surface area contributed by atoms with Gasteiger partial charge in [-0.2, -0.15) is 0 Å². The Morgan fingerprint density at radius 1 is 0.875 bits per heavy atom. The Balaban J connectivity index is 1.64. The zero-order valence-corrected chi connectivity index (χ0v) is 17.4. The molecule has 4 rings (SSSR count). The fraction of sp³-hybridized carbons (Fsp3) is 0.0476. The summed E-state index contributed by atoms with van der Waals surface area (Å²) in [5, 5.41) is 2.97. The minimum atomic E-state index is -4.30. The van der Waals surface area contributed by atoms with Gasteiger partial charge in [-0.25, -0.2) is 32.2 Å². The summed E-state index contributed by atoms with van der Waals surface area (Å²) in [6, 6.07) is 8.96. The van der Waals surface area contributed by atoms with E-state index in [1.54, 1.807) is 56.0 Å². The van der Waals surface area contributed by atoms with Crippen LogP contribution in [0.3, 0.4) is 0 Å². The molecule has 0 bridgehead atoms. The molecule has 0 saturated carbocycles. The van der Waals surface area contributed by atoms with Gasteiger partial charge in [0.25, 0.3) is 10.0 Å². The molecule has 0 aliphatic rings. The number of aromatic nitrogens is 4. The van der Waals surface area contributed by atoms with Crippen molar-refractivity contribution in [1.82, 2.24) is 19.9 Å². The zero-order valence-electron chi connectivity index (χ0n) is 16.6. The largest absolute Gasteiger partial charge is 0.309 e. The van der Waals surface area contributed by atoms with Crippen molar-refractivity contribution in [2.45, 2.75) is 11.8 Å². The van der Waals surface area contributed by atoms with Gasteiger partial charge in [-0.1, -0.05) is 0 Å². The lowest BCUT2D eigenvalue weighted by Crippen LogP contribution is -2.16. The minimum Gasteiger partial charge on any atom is -0.309 e. The summed E-state index contributed by atoms with van der Waals surface area (Å²) < 4.78 is 54.8. The molecule has 32 heavy (non-hydrogen) atoms. The molecule has 0 unspecified atom stereocenters. The van der Waals surface area contributed by atoms with Crippen LogP contribution in [0.1, 0.15) is 5.69 Å². The maximum Gasteiger partial charge on any atom is 0.264 e. The molecule has 8 nitrogen and oxygen atoms in total. The van der Waals surface area contributed by atoms with Crippen LogP contribution in [0.25, 0.3) is 11.1 Å². The van der Waals surface area contributed by atoms with Gasteiger partial charge in [0, 0.05) is 36.4 Å². The highest BCUT2D eigenvalue weighted by molar-refractivity contribution is 7.92. The second-order valence-corrected chi connectivity index (χ2v) is 8.32. The summed E-state index contributed by atoms with van der Waals surface area (Å²) in [6.45, 7) is 1.61. The van der Waals surface area contributed by atoms with Crippen molar-refractivity contribution in [3.63, 3.8) is 0 Å². The van der Waals surface area contributed by atoms with E-state index in [0.717, 1.165) is 12.1 Å². The van der Waals surface area contributed by atoms with Gasteiger partial charge in [-0.3, -0.25) is 9.71 Å². The van der Waals surface area contributed by atoms with E-state index in [1.807, 2.05) is 0 Å². The van der Waals surface area contributed by atoms with Crippen LogP contribution in [0, 0.1) is 18.6 Å². The lowest BCUT2D eigenvalue weighted by atomic mass is 10.1. The van der Waals surface area contributed by atoms with Crippen molar-refractivity contribution < 1.29 is 17.2 Å². The monoisotopic (exact) mass is 454 g/mol. The summed E-state index contributed by atoms with van der Waals surface area (Å²) in [7, 11) is -4.30. The highest BCUT2D eigenvalue weighted by Crippen LogP contribution is 2.27. The van der Waals surface area contributed by atoms with Crippen molar-refractivity contribution >= 4 is 27.5 Å². The first-order chi connectivity index (χ1) is 15.3. The maximum atomic E-state index is 14.0. The topological polar surface area (TPSA) is 110 Å². The first-order valence-corrected chi connectivity index (χ1v) is 10.8. The van der Waals surface area contributed by atoms with E-state index in [1.165, 1.54) is 0 Å². The average Bonchev–Trinajstić information content (AvgIpc) is 2.76. The average molecular weight is 454 g/mol. The van der Waals surface area contributed by atoms with Crippen LogP contribution in [0.5, 0.6) is 0 Å². The molecule has 0 atom stereocenters. The first-order valence-electron chi connectivity index (χ1n) is 9.27. The molecular formula is C21H16F2N6O2S. The summed E-state index contributed by atoms with van der Waals surface area (Å²) >= 11 is 0. The van der Waals surface area contributed by atoms with E-state index in [9.17, 15) is 17.2 Å². The van der Waals surface area contributed by atoms with Gasteiger partial charge in [0.2, 0.25) is 5.95 Å². The predicted octanol–water partition coefficient (Wildman–Crippen LogP) is 4.06. The highest BCUT2D eigenvalue weighted by atomic mass is 32.2. The molecule has 1 aromatic carbocycles. The highest BCUT2D eigenvalue weighted by Gasteiger charge is 2.21. The second-order valence-electron chi connectivity index (χ2n) is 6.66. The Morgan fingerprint density at radius 3 is 2.41 bits per heavy atom. The molecule has 0 spiro atoms. The number of hydrogen-bond acceptors (Lipinski definition) is 7. The number of benzene rings is 1. The van der Waals surface area contributed by atoms with E-state index >= 15 is 0 Å². The van der Waals surface area contributed by atoms with Gasteiger partial charge < -0.3 is 5.32 Å². The summed E-state index contributed by atoms with van der Waals surface area (Å²) in [4.78, 5) is 15.9. The fourth-order valence-electron chi connectivity index (χ4n) is 2.84. The van der Waals surface area contributed by atoms with E-state index < -0.39 is 26.6 Å². The molecule has 0 amide bonds. The maximum absolute atomic E-state index is 14.0. The first kappa shape index (κ1) is 21.2.